The second-order valence-corrected chi connectivity index (χ2v) is 7.13. The topological polar surface area (TPSA) is 36.8 Å². The average Bonchev–Trinajstić information content (AvgIpc) is 2.17. The molecular formula is C11H21N3OP+. The minimum absolute atomic E-state index is 0.592. The van der Waals surface area contributed by atoms with Gasteiger partial charge in [0.1, 0.15) is 0 Å². The Morgan fingerprint density at radius 2 is 1.81 bits per heavy atom. The summed E-state index contributed by atoms with van der Waals surface area (Å²) >= 11 is 0. The number of para-hydroxylation sites is 1. The minimum atomic E-state index is -2.52. The Kier molecular flexibility index (Phi) is 4.54. The Morgan fingerprint density at radius 1 is 1.25 bits per heavy atom. The van der Waals surface area contributed by atoms with E-state index in [1.54, 1.807) is 4.67 Å². The summed E-state index contributed by atoms with van der Waals surface area (Å²) in [6.07, 6.45) is 0.592. The molecular weight excluding hydrogens is 221 g/mol. The minimum Gasteiger partial charge on any atom is -0.331 e. The lowest BCUT2D eigenvalue weighted by Crippen LogP contribution is -3.05. The molecule has 1 aromatic carbocycles. The molecule has 0 aliphatic carbocycles. The first kappa shape index (κ1) is 13.2. The summed E-state index contributed by atoms with van der Waals surface area (Å²) in [5.74, 6) is 0. The highest BCUT2D eigenvalue weighted by Crippen LogP contribution is 2.44. The van der Waals surface area contributed by atoms with Gasteiger partial charge in [-0.25, -0.2) is 4.67 Å². The molecule has 1 atom stereocenters. The molecule has 0 aliphatic rings. The maximum Gasteiger partial charge on any atom is 0.289 e. The third kappa shape index (κ3) is 3.63. The van der Waals surface area contributed by atoms with Gasteiger partial charge in [0, 0.05) is 5.69 Å². The van der Waals surface area contributed by atoms with Crippen molar-refractivity contribution in [3.63, 3.8) is 0 Å². The predicted octanol–water partition coefficient (Wildman–Crippen LogP) is 0.955. The van der Waals surface area contributed by atoms with Gasteiger partial charge in [-0.15, -0.1) is 0 Å². The zero-order chi connectivity index (χ0) is 12.2. The van der Waals surface area contributed by atoms with Gasteiger partial charge in [-0.05, 0) is 26.2 Å². The molecule has 0 bridgehead atoms. The van der Waals surface area contributed by atoms with E-state index in [4.69, 9.17) is 0 Å². The smallest absolute Gasteiger partial charge is 0.289 e. The number of nitrogens with one attached hydrogen (secondary N) is 2. The van der Waals surface area contributed by atoms with Crippen LogP contribution in [0.1, 0.15) is 0 Å². The van der Waals surface area contributed by atoms with Crippen LogP contribution in [0.25, 0.3) is 0 Å². The normalized spacial score (nSPS) is 15.1. The van der Waals surface area contributed by atoms with Gasteiger partial charge in [-0.3, -0.25) is 4.57 Å². The monoisotopic (exact) mass is 242 g/mol. The Labute approximate surface area is 97.7 Å². The first-order valence-electron chi connectivity index (χ1n) is 5.33. The van der Waals surface area contributed by atoms with Crippen LogP contribution >= 0.6 is 7.44 Å². The van der Waals surface area contributed by atoms with Crippen molar-refractivity contribution in [2.24, 2.45) is 0 Å². The summed E-state index contributed by atoms with van der Waals surface area (Å²) in [6, 6.07) is 9.68. The van der Waals surface area contributed by atoms with Crippen LogP contribution in [-0.4, -0.2) is 39.1 Å². The van der Waals surface area contributed by atoms with Gasteiger partial charge in [0.15, 0.2) is 6.29 Å². The third-order valence-electron chi connectivity index (χ3n) is 2.25. The van der Waals surface area contributed by atoms with Crippen molar-refractivity contribution >= 4 is 13.1 Å². The predicted molar refractivity (Wildman–Crippen MR) is 69.0 cm³/mol. The molecule has 2 N–H and O–H groups in total. The fraction of sp³-hybridized carbons (Fsp3) is 0.455. The molecule has 0 amide bonds. The zero-order valence-corrected chi connectivity index (χ0v) is 11.3. The third-order valence-corrected chi connectivity index (χ3v) is 5.22. The first-order chi connectivity index (χ1) is 7.44. The number of benzene rings is 1. The highest BCUT2D eigenvalue weighted by atomic mass is 31.2. The molecule has 0 aromatic heterocycles. The lowest BCUT2D eigenvalue weighted by atomic mass is 10.3. The molecule has 0 radical (unpaired) electrons. The van der Waals surface area contributed by atoms with E-state index >= 15 is 0 Å². The summed E-state index contributed by atoms with van der Waals surface area (Å²) in [6.45, 7) is 0. The molecule has 16 heavy (non-hydrogen) atoms. The number of hydrogen-bond acceptors (Lipinski definition) is 1. The summed E-state index contributed by atoms with van der Waals surface area (Å²) in [5, 5.41) is 3.15. The Bertz CT molecular complexity index is 365. The maximum atomic E-state index is 12.7. The highest BCUT2D eigenvalue weighted by Gasteiger charge is 2.28. The van der Waals surface area contributed by atoms with E-state index in [-0.39, 0.29) is 0 Å². The molecule has 0 saturated heterocycles. The van der Waals surface area contributed by atoms with Gasteiger partial charge < -0.3 is 9.99 Å². The van der Waals surface area contributed by atoms with E-state index in [1.807, 2.05) is 58.5 Å². The number of nitrogens with zero attached hydrogens (tertiary/aromatic N) is 1. The second-order valence-electron chi connectivity index (χ2n) is 4.39. The summed E-state index contributed by atoms with van der Waals surface area (Å²) in [5.41, 5.74) is 0.904. The van der Waals surface area contributed by atoms with Gasteiger partial charge in [0.05, 0.1) is 14.1 Å². The van der Waals surface area contributed by atoms with E-state index < -0.39 is 7.44 Å². The molecule has 0 aliphatic heterocycles. The molecule has 0 heterocycles. The largest absolute Gasteiger partial charge is 0.331 e. The molecule has 1 rings (SSSR count). The van der Waals surface area contributed by atoms with E-state index in [0.29, 0.717) is 6.29 Å². The highest BCUT2D eigenvalue weighted by molar-refractivity contribution is 7.62. The van der Waals surface area contributed by atoms with Crippen LogP contribution in [0.5, 0.6) is 0 Å². The molecule has 0 saturated carbocycles. The van der Waals surface area contributed by atoms with Crippen molar-refractivity contribution in [2.75, 3.05) is 39.6 Å². The number of hydrogen-bond donors (Lipinski definition) is 2. The van der Waals surface area contributed by atoms with Crippen LogP contribution in [0.2, 0.25) is 0 Å². The summed E-state index contributed by atoms with van der Waals surface area (Å²) < 4.78 is 14.5. The van der Waals surface area contributed by atoms with Crippen molar-refractivity contribution < 1.29 is 9.46 Å². The molecule has 0 unspecified atom stereocenters. The fourth-order valence-corrected chi connectivity index (χ4v) is 3.40. The molecule has 90 valence electrons. The van der Waals surface area contributed by atoms with Crippen LogP contribution in [0.3, 0.4) is 0 Å². The summed E-state index contributed by atoms with van der Waals surface area (Å²) in [7, 11) is 5.18. The van der Waals surface area contributed by atoms with E-state index in [9.17, 15) is 4.57 Å². The van der Waals surface area contributed by atoms with Crippen molar-refractivity contribution in [3.8, 4) is 0 Å². The average molecular weight is 242 g/mol. The van der Waals surface area contributed by atoms with Gasteiger partial charge in [-0.2, -0.15) is 0 Å². The van der Waals surface area contributed by atoms with Crippen molar-refractivity contribution in [1.82, 2.24) is 4.67 Å². The molecule has 0 fully saturated rings. The Morgan fingerprint density at radius 3 is 2.25 bits per heavy atom. The number of anilines is 1. The molecule has 5 heteroatoms. The van der Waals surface area contributed by atoms with Crippen molar-refractivity contribution in [2.45, 2.75) is 0 Å². The van der Waals surface area contributed by atoms with Crippen LogP contribution < -0.4 is 9.99 Å². The van der Waals surface area contributed by atoms with Crippen LogP contribution in [0.15, 0.2) is 30.3 Å². The fourth-order valence-electron chi connectivity index (χ4n) is 1.42. The second kappa shape index (κ2) is 5.48. The van der Waals surface area contributed by atoms with E-state index in [0.717, 1.165) is 5.69 Å². The van der Waals surface area contributed by atoms with Gasteiger partial charge >= 0.3 is 0 Å². The van der Waals surface area contributed by atoms with Gasteiger partial charge in [-0.1, -0.05) is 18.2 Å². The lowest BCUT2D eigenvalue weighted by molar-refractivity contribution is -0.845. The van der Waals surface area contributed by atoms with Crippen molar-refractivity contribution in [1.29, 1.82) is 0 Å². The van der Waals surface area contributed by atoms with E-state index in [2.05, 4.69) is 5.09 Å². The number of quaternary nitrogens is 1. The molecule has 1 aromatic rings. The number of rotatable bonds is 5. The Balaban J connectivity index is 2.84. The van der Waals surface area contributed by atoms with Gasteiger partial charge in [0.25, 0.3) is 7.44 Å². The summed E-state index contributed by atoms with van der Waals surface area (Å²) in [4.78, 5) is 1.17. The molecule has 0 spiro atoms. The van der Waals surface area contributed by atoms with Gasteiger partial charge in [0.2, 0.25) is 0 Å². The Hall–Kier alpha value is -0.830. The quantitative estimate of drug-likeness (QED) is 0.755. The lowest BCUT2D eigenvalue weighted by Gasteiger charge is -2.27. The maximum absolute atomic E-state index is 12.7. The molecule has 4 nitrogen and oxygen atoms in total. The van der Waals surface area contributed by atoms with E-state index in [1.165, 1.54) is 4.90 Å². The van der Waals surface area contributed by atoms with Crippen molar-refractivity contribution in [3.05, 3.63) is 30.3 Å². The van der Waals surface area contributed by atoms with Crippen LogP contribution in [0.4, 0.5) is 5.69 Å². The standard InChI is InChI=1S/C11H20N3OP/c1-13(2)10-16(15,14(3)4)12-11-8-6-5-7-9-11/h5-9H,10H2,1-4H3,(H,12,15)/p+1/t16-/m0/s1. The van der Waals surface area contributed by atoms with Crippen LogP contribution in [-0.2, 0) is 4.57 Å². The zero-order valence-electron chi connectivity index (χ0n) is 10.4. The SMILES string of the molecule is CN(C)[P@](=O)(C[NH+](C)C)Nc1ccccc1. The van der Waals surface area contributed by atoms with Crippen LogP contribution in [0, 0.1) is 0 Å². The first-order valence-corrected chi connectivity index (χ1v) is 7.18.